The standard InChI is InChI=1S/C27H34N4O2S/c1-21-28-23(20-34-21)18-25(32)30-12-9-27(10-13-30)19-24(27)26(33)31-16-14-29(15-17-31)11-5-8-22-6-3-2-4-7-22/h2-8,20,24H,9-19H2,1H3/b8-5+. The van der Waals surface area contributed by atoms with Gasteiger partial charge in [0.2, 0.25) is 11.8 Å². The van der Waals surface area contributed by atoms with Gasteiger partial charge in [-0.25, -0.2) is 4.98 Å². The molecule has 1 unspecified atom stereocenters. The lowest BCUT2D eigenvalue weighted by atomic mass is 9.90. The van der Waals surface area contributed by atoms with Gasteiger partial charge in [0.15, 0.2) is 0 Å². The minimum atomic E-state index is 0.140. The van der Waals surface area contributed by atoms with Gasteiger partial charge >= 0.3 is 0 Å². The lowest BCUT2D eigenvalue weighted by Gasteiger charge is -2.36. The summed E-state index contributed by atoms with van der Waals surface area (Å²) in [7, 11) is 0. The fourth-order valence-electron chi connectivity index (χ4n) is 5.48. The van der Waals surface area contributed by atoms with Crippen LogP contribution in [0.3, 0.4) is 0 Å². The van der Waals surface area contributed by atoms with Crippen molar-refractivity contribution >= 4 is 29.2 Å². The normalized spacial score (nSPS) is 22.4. The Bertz CT molecular complexity index is 1030. The smallest absolute Gasteiger partial charge is 0.228 e. The number of aromatic nitrogens is 1. The number of hydrogen-bond donors (Lipinski definition) is 0. The minimum absolute atomic E-state index is 0.140. The molecule has 0 radical (unpaired) electrons. The molecule has 1 aromatic carbocycles. The number of carbonyl (C=O) groups is 2. The first-order valence-electron chi connectivity index (χ1n) is 12.4. The van der Waals surface area contributed by atoms with E-state index < -0.39 is 0 Å². The van der Waals surface area contributed by atoms with Crippen molar-refractivity contribution in [3.8, 4) is 0 Å². The number of piperidine rings is 1. The van der Waals surface area contributed by atoms with Gasteiger partial charge in [0.1, 0.15) is 0 Å². The van der Waals surface area contributed by atoms with Crippen LogP contribution in [0.15, 0.2) is 41.8 Å². The maximum atomic E-state index is 13.2. The highest BCUT2D eigenvalue weighted by atomic mass is 32.1. The lowest BCUT2D eigenvalue weighted by molar-refractivity contribution is -0.135. The number of benzene rings is 1. The number of hydrogen-bond acceptors (Lipinski definition) is 5. The SMILES string of the molecule is Cc1nc(CC(=O)N2CCC3(CC2)CC3C(=O)N2CCN(C/C=C/c3ccccc3)CC2)cs1. The summed E-state index contributed by atoms with van der Waals surface area (Å²) < 4.78 is 0. The van der Waals surface area contributed by atoms with Crippen LogP contribution in [0.2, 0.25) is 0 Å². The van der Waals surface area contributed by atoms with E-state index in [0.29, 0.717) is 12.3 Å². The predicted molar refractivity (Wildman–Crippen MR) is 135 cm³/mol. The zero-order valence-corrected chi connectivity index (χ0v) is 20.8. The highest BCUT2D eigenvalue weighted by Gasteiger charge is 2.59. The molecular weight excluding hydrogens is 444 g/mol. The number of aryl methyl sites for hydroxylation is 1. The molecule has 7 heteroatoms. The largest absolute Gasteiger partial charge is 0.342 e. The summed E-state index contributed by atoms with van der Waals surface area (Å²) in [6, 6.07) is 10.4. The Kier molecular flexibility index (Phi) is 6.84. The van der Waals surface area contributed by atoms with Crippen molar-refractivity contribution in [2.24, 2.45) is 11.3 Å². The molecule has 180 valence electrons. The summed E-state index contributed by atoms with van der Waals surface area (Å²) >= 11 is 1.59. The second-order valence-corrected chi connectivity index (χ2v) is 11.0. The summed E-state index contributed by atoms with van der Waals surface area (Å²) in [5, 5.41) is 2.98. The van der Waals surface area contributed by atoms with Crippen LogP contribution in [-0.2, 0) is 16.0 Å². The van der Waals surface area contributed by atoms with Crippen LogP contribution in [0.5, 0.6) is 0 Å². The van der Waals surface area contributed by atoms with Gasteiger partial charge in [-0.3, -0.25) is 14.5 Å². The Balaban J connectivity index is 1.04. The van der Waals surface area contributed by atoms with Crippen molar-refractivity contribution in [2.45, 2.75) is 32.6 Å². The summed E-state index contributed by atoms with van der Waals surface area (Å²) in [5.41, 5.74) is 2.24. The molecule has 3 heterocycles. The van der Waals surface area contributed by atoms with Crippen LogP contribution in [0.4, 0.5) is 0 Å². The third-order valence-electron chi connectivity index (χ3n) is 7.76. The molecular formula is C27H34N4O2S. The fourth-order valence-corrected chi connectivity index (χ4v) is 6.09. The molecule has 2 saturated heterocycles. The number of piperazine rings is 1. The monoisotopic (exact) mass is 478 g/mol. The van der Waals surface area contributed by atoms with E-state index >= 15 is 0 Å². The third-order valence-corrected chi connectivity index (χ3v) is 8.58. The third kappa shape index (κ3) is 5.26. The maximum absolute atomic E-state index is 13.2. The number of likely N-dealkylation sites (tertiary alicyclic amines) is 1. The molecule has 1 aromatic heterocycles. The topological polar surface area (TPSA) is 56.8 Å². The molecule has 2 aromatic rings. The molecule has 3 aliphatic rings. The first kappa shape index (κ1) is 23.2. The first-order valence-corrected chi connectivity index (χ1v) is 13.3. The molecule has 1 spiro atoms. The molecule has 34 heavy (non-hydrogen) atoms. The van der Waals surface area contributed by atoms with Gasteiger partial charge in [0.25, 0.3) is 0 Å². The van der Waals surface area contributed by atoms with Crippen LogP contribution in [0.1, 0.15) is 35.5 Å². The molecule has 1 aliphatic carbocycles. The Morgan fingerprint density at radius 3 is 2.47 bits per heavy atom. The first-order chi connectivity index (χ1) is 16.5. The van der Waals surface area contributed by atoms with Crippen molar-refractivity contribution in [1.82, 2.24) is 19.7 Å². The number of rotatable bonds is 6. The second kappa shape index (κ2) is 10.0. The van der Waals surface area contributed by atoms with E-state index in [9.17, 15) is 9.59 Å². The van der Waals surface area contributed by atoms with E-state index in [1.165, 1.54) is 5.56 Å². The van der Waals surface area contributed by atoms with E-state index in [1.807, 2.05) is 23.3 Å². The van der Waals surface area contributed by atoms with Crippen LogP contribution in [-0.4, -0.2) is 77.3 Å². The van der Waals surface area contributed by atoms with E-state index in [1.54, 1.807) is 11.3 Å². The van der Waals surface area contributed by atoms with E-state index in [2.05, 4.69) is 51.2 Å². The van der Waals surface area contributed by atoms with E-state index in [-0.39, 0.29) is 17.2 Å². The molecule has 2 aliphatic heterocycles. The molecule has 1 atom stereocenters. The quantitative estimate of drug-likeness (QED) is 0.638. The predicted octanol–water partition coefficient (Wildman–Crippen LogP) is 3.48. The van der Waals surface area contributed by atoms with Gasteiger partial charge < -0.3 is 9.80 Å². The molecule has 6 nitrogen and oxygen atoms in total. The molecule has 2 amide bonds. The van der Waals surface area contributed by atoms with Gasteiger partial charge in [0, 0.05) is 57.1 Å². The molecule has 0 bridgehead atoms. The van der Waals surface area contributed by atoms with E-state index in [0.717, 1.165) is 75.8 Å². The Morgan fingerprint density at radius 2 is 1.79 bits per heavy atom. The maximum Gasteiger partial charge on any atom is 0.228 e. The van der Waals surface area contributed by atoms with Crippen molar-refractivity contribution < 1.29 is 9.59 Å². The Labute approximate surface area is 206 Å². The fraction of sp³-hybridized carbons (Fsp3) is 0.519. The average Bonchev–Trinajstić information content (AvgIpc) is 3.40. The Morgan fingerprint density at radius 1 is 1.06 bits per heavy atom. The molecule has 1 saturated carbocycles. The zero-order valence-electron chi connectivity index (χ0n) is 20.0. The summed E-state index contributed by atoms with van der Waals surface area (Å²) in [6.45, 7) is 7.95. The van der Waals surface area contributed by atoms with Crippen molar-refractivity contribution in [3.05, 3.63) is 58.1 Å². The number of amides is 2. The second-order valence-electron chi connectivity index (χ2n) is 9.97. The summed E-state index contributed by atoms with van der Waals surface area (Å²) in [6.07, 6.45) is 7.68. The zero-order chi connectivity index (χ0) is 23.5. The van der Waals surface area contributed by atoms with Gasteiger partial charge in [-0.15, -0.1) is 11.3 Å². The van der Waals surface area contributed by atoms with Crippen LogP contribution >= 0.6 is 11.3 Å². The highest BCUT2D eigenvalue weighted by Crippen LogP contribution is 2.60. The van der Waals surface area contributed by atoms with Crippen LogP contribution in [0.25, 0.3) is 6.08 Å². The number of thiazole rings is 1. The van der Waals surface area contributed by atoms with Gasteiger partial charge in [-0.2, -0.15) is 0 Å². The van der Waals surface area contributed by atoms with Crippen molar-refractivity contribution in [2.75, 3.05) is 45.8 Å². The molecule has 0 N–H and O–H groups in total. The van der Waals surface area contributed by atoms with Crippen molar-refractivity contribution in [1.29, 1.82) is 0 Å². The highest BCUT2D eigenvalue weighted by molar-refractivity contribution is 7.09. The average molecular weight is 479 g/mol. The van der Waals surface area contributed by atoms with Gasteiger partial charge in [-0.05, 0) is 37.2 Å². The lowest BCUT2D eigenvalue weighted by Crippen LogP contribution is -2.49. The van der Waals surface area contributed by atoms with Crippen molar-refractivity contribution in [3.63, 3.8) is 0 Å². The van der Waals surface area contributed by atoms with Gasteiger partial charge in [-0.1, -0.05) is 42.5 Å². The van der Waals surface area contributed by atoms with Gasteiger partial charge in [0.05, 0.1) is 17.1 Å². The summed E-state index contributed by atoms with van der Waals surface area (Å²) in [5.74, 6) is 0.675. The molecule has 3 fully saturated rings. The molecule has 5 rings (SSSR count). The van der Waals surface area contributed by atoms with Crippen LogP contribution in [0, 0.1) is 18.3 Å². The van der Waals surface area contributed by atoms with Crippen LogP contribution < -0.4 is 0 Å². The minimum Gasteiger partial charge on any atom is -0.342 e. The van der Waals surface area contributed by atoms with E-state index in [4.69, 9.17) is 0 Å². The number of nitrogens with zero attached hydrogens (tertiary/aromatic N) is 4. The Hall–Kier alpha value is -2.51. The summed E-state index contributed by atoms with van der Waals surface area (Å²) in [4.78, 5) is 36.8. The number of carbonyl (C=O) groups excluding carboxylic acids is 2.